The molecule has 1 heterocycles. The van der Waals surface area contributed by atoms with Crippen molar-refractivity contribution in [1.29, 1.82) is 0 Å². The zero-order valence-corrected chi connectivity index (χ0v) is 13.7. The van der Waals surface area contributed by atoms with Crippen LogP contribution in [-0.2, 0) is 0 Å². The van der Waals surface area contributed by atoms with Gasteiger partial charge in [-0.1, -0.05) is 13.0 Å². The summed E-state index contributed by atoms with van der Waals surface area (Å²) in [5.74, 6) is 0.770. The first kappa shape index (κ1) is 16.1. The van der Waals surface area contributed by atoms with Gasteiger partial charge in [-0.15, -0.1) is 0 Å². The van der Waals surface area contributed by atoms with Gasteiger partial charge in [-0.2, -0.15) is 0 Å². The Hall–Kier alpha value is -1.26. The second-order valence-electron chi connectivity index (χ2n) is 5.85. The highest BCUT2D eigenvalue weighted by Gasteiger charge is 2.24. The van der Waals surface area contributed by atoms with Crippen LogP contribution in [0.15, 0.2) is 18.2 Å². The quantitative estimate of drug-likeness (QED) is 0.905. The maximum Gasteiger partial charge on any atom is 0.126 e. The summed E-state index contributed by atoms with van der Waals surface area (Å²) < 4.78 is 5.42. The maximum atomic E-state index is 10.1. The predicted molar refractivity (Wildman–Crippen MR) is 87.2 cm³/mol. The van der Waals surface area contributed by atoms with Gasteiger partial charge < -0.3 is 14.7 Å². The molecule has 1 aliphatic heterocycles. The molecule has 4 heteroatoms. The van der Waals surface area contributed by atoms with E-state index < -0.39 is 6.10 Å². The Balaban J connectivity index is 2.17. The van der Waals surface area contributed by atoms with Crippen molar-refractivity contribution in [2.24, 2.45) is 0 Å². The van der Waals surface area contributed by atoms with E-state index in [2.05, 4.69) is 29.7 Å². The highest BCUT2D eigenvalue weighted by molar-refractivity contribution is 5.60. The number of hydrogen-bond acceptors (Lipinski definition) is 4. The molecule has 0 aliphatic carbocycles. The van der Waals surface area contributed by atoms with Gasteiger partial charge >= 0.3 is 0 Å². The van der Waals surface area contributed by atoms with Gasteiger partial charge in [0.15, 0.2) is 0 Å². The van der Waals surface area contributed by atoms with Crippen LogP contribution in [0.2, 0.25) is 0 Å². The summed E-state index contributed by atoms with van der Waals surface area (Å²) in [5.41, 5.74) is 2.00. The van der Waals surface area contributed by atoms with Gasteiger partial charge in [-0.05, 0) is 32.4 Å². The van der Waals surface area contributed by atoms with Crippen molar-refractivity contribution in [3.05, 3.63) is 23.8 Å². The monoisotopic (exact) mass is 292 g/mol. The molecule has 1 aromatic carbocycles. The maximum absolute atomic E-state index is 10.1. The van der Waals surface area contributed by atoms with Crippen LogP contribution >= 0.6 is 0 Å². The molecule has 1 aliphatic rings. The van der Waals surface area contributed by atoms with Crippen LogP contribution in [0.5, 0.6) is 5.75 Å². The average Bonchev–Trinajstić information content (AvgIpc) is 2.53. The summed E-state index contributed by atoms with van der Waals surface area (Å²) in [6.45, 7) is 10.5. The van der Waals surface area contributed by atoms with E-state index in [1.165, 1.54) is 6.42 Å². The molecule has 21 heavy (non-hydrogen) atoms. The molecule has 0 bridgehead atoms. The summed E-state index contributed by atoms with van der Waals surface area (Å²) in [7, 11) is 1.66. The Morgan fingerprint density at radius 3 is 2.38 bits per heavy atom. The van der Waals surface area contributed by atoms with E-state index in [1.54, 1.807) is 14.0 Å². The molecular formula is C17H28N2O2. The molecule has 118 valence electrons. The Kier molecular flexibility index (Phi) is 5.48. The fourth-order valence-corrected chi connectivity index (χ4v) is 3.07. The molecule has 1 N–H and O–H groups in total. The normalized spacial score (nSPS) is 19.4. The Labute approximate surface area is 128 Å². The first-order valence-electron chi connectivity index (χ1n) is 7.92. The Morgan fingerprint density at radius 1 is 1.19 bits per heavy atom. The van der Waals surface area contributed by atoms with Gasteiger partial charge in [0.1, 0.15) is 5.75 Å². The molecule has 2 rings (SSSR count). The van der Waals surface area contributed by atoms with Gasteiger partial charge in [0, 0.05) is 43.5 Å². The number of nitrogens with zero attached hydrogens (tertiary/aromatic N) is 2. The lowest BCUT2D eigenvalue weighted by molar-refractivity contribution is 0.187. The van der Waals surface area contributed by atoms with Crippen LogP contribution < -0.4 is 9.64 Å². The minimum absolute atomic E-state index is 0.524. The highest BCUT2D eigenvalue weighted by atomic mass is 16.5. The summed E-state index contributed by atoms with van der Waals surface area (Å²) >= 11 is 0. The van der Waals surface area contributed by atoms with Crippen LogP contribution in [-0.4, -0.2) is 49.3 Å². The van der Waals surface area contributed by atoms with Crippen LogP contribution in [0.3, 0.4) is 0 Å². The molecule has 0 amide bonds. The van der Waals surface area contributed by atoms with Crippen molar-refractivity contribution in [2.45, 2.75) is 39.3 Å². The lowest BCUT2D eigenvalue weighted by Crippen LogP contribution is -2.49. The van der Waals surface area contributed by atoms with Crippen molar-refractivity contribution >= 4 is 5.69 Å². The van der Waals surface area contributed by atoms with E-state index in [-0.39, 0.29) is 0 Å². The van der Waals surface area contributed by atoms with E-state index in [4.69, 9.17) is 4.74 Å². The molecule has 0 aromatic heterocycles. The number of piperazine rings is 1. The first-order valence-corrected chi connectivity index (χ1v) is 7.92. The first-order chi connectivity index (χ1) is 10.1. The molecule has 1 fully saturated rings. The van der Waals surface area contributed by atoms with Gasteiger partial charge in [0.2, 0.25) is 0 Å². The summed E-state index contributed by atoms with van der Waals surface area (Å²) in [4.78, 5) is 4.90. The molecule has 2 atom stereocenters. The number of rotatable bonds is 5. The van der Waals surface area contributed by atoms with E-state index >= 15 is 0 Å². The molecule has 1 unspecified atom stereocenters. The second-order valence-corrected chi connectivity index (χ2v) is 5.85. The molecule has 4 nitrogen and oxygen atoms in total. The summed E-state index contributed by atoms with van der Waals surface area (Å²) in [6, 6.07) is 6.65. The van der Waals surface area contributed by atoms with Crippen molar-refractivity contribution in [2.75, 3.05) is 38.2 Å². The van der Waals surface area contributed by atoms with Crippen molar-refractivity contribution in [1.82, 2.24) is 4.90 Å². The minimum atomic E-state index is -0.524. The number of aliphatic hydroxyl groups excluding tert-OH is 1. The fraction of sp³-hybridized carbons (Fsp3) is 0.647. The SMILES string of the molecule is CCC(C)N1CCN(c2cccc(OC)c2[C@@H](C)O)CC1. The van der Waals surface area contributed by atoms with E-state index in [1.807, 2.05) is 12.1 Å². The zero-order chi connectivity index (χ0) is 15.4. The van der Waals surface area contributed by atoms with Crippen LogP contribution in [0.4, 0.5) is 5.69 Å². The topological polar surface area (TPSA) is 35.9 Å². The molecule has 0 radical (unpaired) electrons. The van der Waals surface area contributed by atoms with E-state index in [0.29, 0.717) is 6.04 Å². The molecule has 1 saturated heterocycles. The summed E-state index contributed by atoms with van der Waals surface area (Å²) in [6.07, 6.45) is 0.668. The minimum Gasteiger partial charge on any atom is -0.496 e. The van der Waals surface area contributed by atoms with Gasteiger partial charge in [0.05, 0.1) is 13.2 Å². The Bertz CT molecular complexity index is 454. The molecule has 0 saturated carbocycles. The molecule has 0 spiro atoms. The van der Waals surface area contributed by atoms with E-state index in [9.17, 15) is 5.11 Å². The van der Waals surface area contributed by atoms with Crippen LogP contribution in [0.25, 0.3) is 0 Å². The van der Waals surface area contributed by atoms with Crippen LogP contribution in [0, 0.1) is 0 Å². The summed E-state index contributed by atoms with van der Waals surface area (Å²) in [5, 5.41) is 10.1. The average molecular weight is 292 g/mol. The third-order valence-corrected chi connectivity index (χ3v) is 4.55. The smallest absolute Gasteiger partial charge is 0.126 e. The second kappa shape index (κ2) is 7.14. The lowest BCUT2D eigenvalue weighted by Gasteiger charge is -2.40. The van der Waals surface area contributed by atoms with E-state index in [0.717, 1.165) is 43.2 Å². The predicted octanol–water partition coefficient (Wildman–Crippen LogP) is 2.67. The molecular weight excluding hydrogens is 264 g/mol. The number of hydrogen-bond donors (Lipinski definition) is 1. The van der Waals surface area contributed by atoms with Gasteiger partial charge in [-0.25, -0.2) is 0 Å². The van der Waals surface area contributed by atoms with Gasteiger partial charge in [0.25, 0.3) is 0 Å². The van der Waals surface area contributed by atoms with Crippen LogP contribution in [0.1, 0.15) is 38.9 Å². The van der Waals surface area contributed by atoms with Crippen molar-refractivity contribution in [3.8, 4) is 5.75 Å². The largest absolute Gasteiger partial charge is 0.496 e. The third kappa shape index (κ3) is 3.50. The standard InChI is InChI=1S/C17H28N2O2/c1-5-13(2)18-9-11-19(12-10-18)15-7-6-8-16(21-4)17(15)14(3)20/h6-8,13-14,20H,5,9-12H2,1-4H3/t13?,14-/m1/s1. The third-order valence-electron chi connectivity index (χ3n) is 4.55. The number of benzene rings is 1. The fourth-order valence-electron chi connectivity index (χ4n) is 3.07. The number of methoxy groups -OCH3 is 1. The Morgan fingerprint density at radius 2 is 1.86 bits per heavy atom. The van der Waals surface area contributed by atoms with Gasteiger partial charge in [-0.3, -0.25) is 4.90 Å². The van der Waals surface area contributed by atoms with Crippen molar-refractivity contribution < 1.29 is 9.84 Å². The number of ether oxygens (including phenoxy) is 1. The number of aliphatic hydroxyl groups is 1. The highest BCUT2D eigenvalue weighted by Crippen LogP contribution is 2.35. The number of anilines is 1. The molecule has 1 aromatic rings. The lowest BCUT2D eigenvalue weighted by atomic mass is 10.0. The van der Waals surface area contributed by atoms with Crippen molar-refractivity contribution in [3.63, 3.8) is 0 Å². The zero-order valence-electron chi connectivity index (χ0n) is 13.7.